The van der Waals surface area contributed by atoms with Gasteiger partial charge in [-0.2, -0.15) is 0 Å². The zero-order valence-corrected chi connectivity index (χ0v) is 16.0. The molecule has 0 spiro atoms. The minimum absolute atomic E-state index is 0.172. The molecule has 1 aliphatic rings. The van der Waals surface area contributed by atoms with Crippen molar-refractivity contribution < 1.29 is 28.5 Å². The van der Waals surface area contributed by atoms with Gasteiger partial charge in [0.15, 0.2) is 0 Å². The van der Waals surface area contributed by atoms with Crippen LogP contribution in [0.5, 0.6) is 11.5 Å². The summed E-state index contributed by atoms with van der Waals surface area (Å²) in [4.78, 5) is 22.0. The van der Waals surface area contributed by atoms with Gasteiger partial charge < -0.3 is 18.9 Å². The van der Waals surface area contributed by atoms with E-state index in [1.807, 2.05) is 36.4 Å². The van der Waals surface area contributed by atoms with E-state index in [4.69, 9.17) is 18.9 Å². The van der Waals surface area contributed by atoms with Gasteiger partial charge in [0.05, 0.1) is 0 Å². The standard InChI is InChI=1S/C23H22O6/c1-3-22(24)28-11-9-26-18-5-7-20-16(14-18)13-17-15-19(6-8-21(17)20)27-10-12-29-23(25)4-2/h3-8,14-15H,1-2,9-13H2. The Morgan fingerprint density at radius 1 is 0.759 bits per heavy atom. The number of rotatable bonds is 10. The third kappa shape index (κ3) is 5.25. The smallest absolute Gasteiger partial charge is 0.330 e. The summed E-state index contributed by atoms with van der Waals surface area (Å²) in [7, 11) is 0. The zero-order chi connectivity index (χ0) is 20.6. The Labute approximate surface area is 169 Å². The SMILES string of the molecule is C=CC(=O)OCCOc1ccc2c(c1)Cc1cc(OCCOC(=O)C=C)ccc1-2. The number of esters is 2. The lowest BCUT2D eigenvalue weighted by atomic mass is 10.1. The van der Waals surface area contributed by atoms with Crippen LogP contribution >= 0.6 is 0 Å². The maximum atomic E-state index is 11.0. The van der Waals surface area contributed by atoms with Crippen LogP contribution in [0, 0.1) is 0 Å². The van der Waals surface area contributed by atoms with Crippen molar-refractivity contribution in [1.82, 2.24) is 0 Å². The highest BCUT2D eigenvalue weighted by atomic mass is 16.6. The van der Waals surface area contributed by atoms with Gasteiger partial charge in [-0.25, -0.2) is 9.59 Å². The van der Waals surface area contributed by atoms with E-state index in [9.17, 15) is 9.59 Å². The molecule has 0 heterocycles. The first-order valence-electron chi connectivity index (χ1n) is 9.21. The average molecular weight is 394 g/mol. The van der Waals surface area contributed by atoms with Gasteiger partial charge in [-0.15, -0.1) is 0 Å². The second kappa shape index (κ2) is 9.59. The quantitative estimate of drug-likeness (QED) is 0.298. The van der Waals surface area contributed by atoms with Crippen molar-refractivity contribution in [2.75, 3.05) is 26.4 Å². The summed E-state index contributed by atoms with van der Waals surface area (Å²) in [5.41, 5.74) is 4.66. The maximum Gasteiger partial charge on any atom is 0.330 e. The Balaban J connectivity index is 1.55. The minimum Gasteiger partial charge on any atom is -0.490 e. The summed E-state index contributed by atoms with van der Waals surface area (Å²) in [6.45, 7) is 7.59. The second-order valence-electron chi connectivity index (χ2n) is 6.25. The van der Waals surface area contributed by atoms with Crippen LogP contribution in [-0.4, -0.2) is 38.4 Å². The van der Waals surface area contributed by atoms with Gasteiger partial charge in [0.2, 0.25) is 0 Å². The van der Waals surface area contributed by atoms with Gasteiger partial charge in [0, 0.05) is 12.2 Å². The third-order valence-corrected chi connectivity index (χ3v) is 4.35. The Morgan fingerprint density at radius 3 is 1.62 bits per heavy atom. The van der Waals surface area contributed by atoms with Crippen LogP contribution in [0.3, 0.4) is 0 Å². The molecule has 1 aliphatic carbocycles. The first-order valence-corrected chi connectivity index (χ1v) is 9.21. The van der Waals surface area contributed by atoms with E-state index in [0.29, 0.717) is 0 Å². The summed E-state index contributed by atoms with van der Waals surface area (Å²) in [6.07, 6.45) is 3.02. The predicted molar refractivity (Wildman–Crippen MR) is 108 cm³/mol. The first-order chi connectivity index (χ1) is 14.1. The lowest BCUT2D eigenvalue weighted by Crippen LogP contribution is -2.10. The Hall–Kier alpha value is -3.54. The van der Waals surface area contributed by atoms with Crippen molar-refractivity contribution in [3.05, 3.63) is 72.8 Å². The predicted octanol–water partition coefficient (Wildman–Crippen LogP) is 3.47. The molecule has 0 saturated heterocycles. The van der Waals surface area contributed by atoms with Crippen LogP contribution in [0.25, 0.3) is 11.1 Å². The molecule has 2 aromatic rings. The molecule has 0 N–H and O–H groups in total. The number of hydrogen-bond acceptors (Lipinski definition) is 6. The Bertz CT molecular complexity index is 855. The fourth-order valence-electron chi connectivity index (χ4n) is 3.06. The number of ether oxygens (including phenoxy) is 4. The molecule has 150 valence electrons. The fourth-order valence-corrected chi connectivity index (χ4v) is 3.06. The van der Waals surface area contributed by atoms with Crippen LogP contribution in [-0.2, 0) is 25.5 Å². The summed E-state index contributed by atoms with van der Waals surface area (Å²) >= 11 is 0. The fraction of sp³-hybridized carbons (Fsp3) is 0.217. The highest BCUT2D eigenvalue weighted by Crippen LogP contribution is 2.39. The molecule has 0 unspecified atom stereocenters. The summed E-state index contributed by atoms with van der Waals surface area (Å²) < 4.78 is 21.1. The molecule has 0 aromatic heterocycles. The molecule has 0 aliphatic heterocycles. The molecular formula is C23H22O6. The van der Waals surface area contributed by atoms with Crippen LogP contribution in [0.4, 0.5) is 0 Å². The van der Waals surface area contributed by atoms with Gasteiger partial charge in [-0.05, 0) is 52.9 Å². The largest absolute Gasteiger partial charge is 0.490 e. The molecule has 0 amide bonds. The molecule has 6 nitrogen and oxygen atoms in total. The van der Waals surface area contributed by atoms with Gasteiger partial charge in [0.1, 0.15) is 37.9 Å². The van der Waals surface area contributed by atoms with Crippen molar-refractivity contribution in [2.24, 2.45) is 0 Å². The first kappa shape index (κ1) is 20.2. The lowest BCUT2D eigenvalue weighted by Gasteiger charge is -2.09. The molecule has 0 atom stereocenters. The second-order valence-corrected chi connectivity index (χ2v) is 6.25. The van der Waals surface area contributed by atoms with E-state index in [0.717, 1.165) is 52.3 Å². The van der Waals surface area contributed by atoms with Crippen molar-refractivity contribution in [2.45, 2.75) is 6.42 Å². The molecule has 0 radical (unpaired) electrons. The van der Waals surface area contributed by atoms with Crippen molar-refractivity contribution in [3.8, 4) is 22.6 Å². The topological polar surface area (TPSA) is 71.1 Å². The highest BCUT2D eigenvalue weighted by Gasteiger charge is 2.19. The molecule has 0 bridgehead atoms. The summed E-state index contributed by atoms with van der Waals surface area (Å²) in [6, 6.07) is 11.9. The Kier molecular flexibility index (Phi) is 6.68. The molecule has 29 heavy (non-hydrogen) atoms. The zero-order valence-electron chi connectivity index (χ0n) is 16.0. The van der Waals surface area contributed by atoms with Crippen LogP contribution in [0.1, 0.15) is 11.1 Å². The molecular weight excluding hydrogens is 372 g/mol. The molecule has 0 saturated carbocycles. The number of hydrogen-bond donors (Lipinski definition) is 0. The third-order valence-electron chi connectivity index (χ3n) is 4.35. The number of fused-ring (bicyclic) bond motifs is 3. The summed E-state index contributed by atoms with van der Waals surface area (Å²) in [5.74, 6) is 0.531. The molecule has 0 fully saturated rings. The van der Waals surface area contributed by atoms with Crippen LogP contribution in [0.2, 0.25) is 0 Å². The van der Waals surface area contributed by atoms with E-state index in [1.54, 1.807) is 0 Å². The highest BCUT2D eigenvalue weighted by molar-refractivity contribution is 5.81. The van der Waals surface area contributed by atoms with Crippen LogP contribution in [0.15, 0.2) is 61.7 Å². The molecule has 3 rings (SSSR count). The molecule has 6 heteroatoms. The monoisotopic (exact) mass is 394 g/mol. The normalized spacial score (nSPS) is 11.0. The molecule has 2 aromatic carbocycles. The van der Waals surface area contributed by atoms with E-state index in [2.05, 4.69) is 13.2 Å². The van der Waals surface area contributed by atoms with Gasteiger partial charge >= 0.3 is 11.9 Å². The summed E-state index contributed by atoms with van der Waals surface area (Å²) in [5, 5.41) is 0. The van der Waals surface area contributed by atoms with Crippen molar-refractivity contribution >= 4 is 11.9 Å². The maximum absolute atomic E-state index is 11.0. The average Bonchev–Trinajstić information content (AvgIpc) is 3.10. The van der Waals surface area contributed by atoms with Crippen molar-refractivity contribution in [3.63, 3.8) is 0 Å². The number of carbonyl (C=O) groups excluding carboxylic acids is 2. The van der Waals surface area contributed by atoms with E-state index >= 15 is 0 Å². The lowest BCUT2D eigenvalue weighted by molar-refractivity contribution is -0.139. The van der Waals surface area contributed by atoms with E-state index in [-0.39, 0.29) is 26.4 Å². The number of benzene rings is 2. The van der Waals surface area contributed by atoms with Crippen LogP contribution < -0.4 is 9.47 Å². The van der Waals surface area contributed by atoms with Crippen molar-refractivity contribution in [1.29, 1.82) is 0 Å². The van der Waals surface area contributed by atoms with Gasteiger partial charge in [-0.1, -0.05) is 25.3 Å². The van der Waals surface area contributed by atoms with Gasteiger partial charge in [-0.3, -0.25) is 0 Å². The van der Waals surface area contributed by atoms with E-state index in [1.165, 1.54) is 0 Å². The number of carbonyl (C=O) groups is 2. The van der Waals surface area contributed by atoms with E-state index < -0.39 is 11.9 Å². The minimum atomic E-state index is -0.463. The van der Waals surface area contributed by atoms with Gasteiger partial charge in [0.25, 0.3) is 0 Å². The Morgan fingerprint density at radius 2 is 1.21 bits per heavy atom.